The number of carbonyl (C=O) groups is 1. The first-order chi connectivity index (χ1) is 15.5. The molecule has 10 heteroatoms. The number of carbonyl (C=O) groups excluding carboxylic acids is 1. The van der Waals surface area contributed by atoms with Crippen molar-refractivity contribution >= 4 is 39.3 Å². The lowest BCUT2D eigenvalue weighted by atomic mass is 10.2. The molecular formula is C22H22N4O4S2. The molecule has 1 aliphatic heterocycles. The summed E-state index contributed by atoms with van der Waals surface area (Å²) in [4.78, 5) is 21.5. The van der Waals surface area contributed by atoms with Gasteiger partial charge in [0.15, 0.2) is 0 Å². The lowest BCUT2D eigenvalue weighted by molar-refractivity contribution is 0.102. The van der Waals surface area contributed by atoms with Gasteiger partial charge in [0.05, 0.1) is 16.6 Å². The zero-order chi connectivity index (χ0) is 22.4. The molecule has 0 bridgehead atoms. The minimum atomic E-state index is -3.84. The molecule has 2 aromatic carbocycles. The number of anilines is 2. The van der Waals surface area contributed by atoms with E-state index in [0.717, 1.165) is 30.1 Å². The van der Waals surface area contributed by atoms with Crippen molar-refractivity contribution < 1.29 is 17.9 Å². The van der Waals surface area contributed by atoms with Gasteiger partial charge in [0.2, 0.25) is 5.95 Å². The average molecular weight is 471 g/mol. The molecule has 8 nitrogen and oxygen atoms in total. The van der Waals surface area contributed by atoms with E-state index < -0.39 is 10.0 Å². The van der Waals surface area contributed by atoms with Crippen LogP contribution in [0.1, 0.15) is 23.2 Å². The molecule has 1 atom stereocenters. The highest BCUT2D eigenvalue weighted by Crippen LogP contribution is 2.27. The van der Waals surface area contributed by atoms with Crippen LogP contribution in [0.15, 0.2) is 76.8 Å². The highest BCUT2D eigenvalue weighted by molar-refractivity contribution is 7.99. The zero-order valence-corrected chi connectivity index (χ0v) is 18.7. The fourth-order valence-corrected chi connectivity index (χ4v) is 5.26. The molecule has 1 amide bonds. The summed E-state index contributed by atoms with van der Waals surface area (Å²) in [5, 5.41) is 2.83. The van der Waals surface area contributed by atoms with Crippen molar-refractivity contribution in [1.82, 2.24) is 9.97 Å². The van der Waals surface area contributed by atoms with Crippen LogP contribution in [0.3, 0.4) is 0 Å². The third-order valence-corrected chi connectivity index (χ3v) is 7.34. The molecule has 0 aliphatic carbocycles. The Labute approximate surface area is 190 Å². The van der Waals surface area contributed by atoms with Gasteiger partial charge in [-0.1, -0.05) is 12.1 Å². The molecule has 3 aromatic rings. The van der Waals surface area contributed by atoms with E-state index in [1.807, 2.05) is 18.2 Å². The number of sulfonamides is 1. The number of hydrogen-bond acceptors (Lipinski definition) is 7. The SMILES string of the molecule is O=C(Nc1ccc(S(=O)(=O)Nc2ncccn2)cc1)c1ccccc1SC[C@H]1CCCO1. The Hall–Kier alpha value is -2.95. The normalized spacial score (nSPS) is 15.9. The largest absolute Gasteiger partial charge is 0.377 e. The second kappa shape index (κ2) is 10.1. The predicted octanol–water partition coefficient (Wildman–Crippen LogP) is 3.80. The van der Waals surface area contributed by atoms with Crippen LogP contribution >= 0.6 is 11.8 Å². The number of aromatic nitrogens is 2. The van der Waals surface area contributed by atoms with Gasteiger partial charge < -0.3 is 10.1 Å². The molecule has 0 saturated carbocycles. The summed E-state index contributed by atoms with van der Waals surface area (Å²) < 4.78 is 33.0. The topological polar surface area (TPSA) is 110 Å². The Morgan fingerprint density at radius 1 is 1.06 bits per heavy atom. The number of benzene rings is 2. The van der Waals surface area contributed by atoms with E-state index in [1.165, 1.54) is 24.5 Å². The molecular weight excluding hydrogens is 448 g/mol. The van der Waals surface area contributed by atoms with Crippen molar-refractivity contribution in [2.75, 3.05) is 22.4 Å². The maximum atomic E-state index is 12.9. The van der Waals surface area contributed by atoms with E-state index in [4.69, 9.17) is 4.74 Å². The van der Waals surface area contributed by atoms with Crippen LogP contribution in [0.25, 0.3) is 0 Å². The van der Waals surface area contributed by atoms with Crippen molar-refractivity contribution in [3.63, 3.8) is 0 Å². The second-order valence-corrected chi connectivity index (χ2v) is 9.84. The van der Waals surface area contributed by atoms with Gasteiger partial charge in [0.1, 0.15) is 0 Å². The molecule has 166 valence electrons. The number of amides is 1. The van der Waals surface area contributed by atoms with E-state index >= 15 is 0 Å². The first-order valence-corrected chi connectivity index (χ1v) is 12.5. The van der Waals surface area contributed by atoms with Crippen LogP contribution in [0, 0.1) is 0 Å². The summed E-state index contributed by atoms with van der Waals surface area (Å²) in [7, 11) is -3.84. The molecule has 2 N–H and O–H groups in total. The van der Waals surface area contributed by atoms with Crippen molar-refractivity contribution in [3.8, 4) is 0 Å². The van der Waals surface area contributed by atoms with Crippen molar-refractivity contribution in [2.45, 2.75) is 28.7 Å². The van der Waals surface area contributed by atoms with Gasteiger partial charge in [0, 0.05) is 35.3 Å². The van der Waals surface area contributed by atoms with Crippen molar-refractivity contribution in [1.29, 1.82) is 0 Å². The molecule has 0 spiro atoms. The third-order valence-electron chi connectivity index (χ3n) is 4.79. The summed E-state index contributed by atoms with van der Waals surface area (Å²) in [6.07, 6.45) is 5.23. The quantitative estimate of drug-likeness (QED) is 0.482. The molecule has 4 rings (SSSR count). The van der Waals surface area contributed by atoms with Crippen molar-refractivity contribution in [3.05, 3.63) is 72.6 Å². The lowest BCUT2D eigenvalue weighted by Crippen LogP contribution is -2.16. The minimum Gasteiger partial charge on any atom is -0.377 e. The molecule has 1 aromatic heterocycles. The minimum absolute atomic E-state index is 0.0120. The van der Waals surface area contributed by atoms with Gasteiger partial charge in [-0.3, -0.25) is 4.79 Å². The maximum absolute atomic E-state index is 12.9. The van der Waals surface area contributed by atoms with Crippen LogP contribution in [-0.2, 0) is 14.8 Å². The highest BCUT2D eigenvalue weighted by atomic mass is 32.2. The molecule has 2 heterocycles. The summed E-state index contributed by atoms with van der Waals surface area (Å²) in [5.41, 5.74) is 1.05. The number of hydrogen-bond donors (Lipinski definition) is 2. The lowest BCUT2D eigenvalue weighted by Gasteiger charge is -2.13. The molecule has 0 unspecified atom stereocenters. The Morgan fingerprint density at radius 3 is 2.53 bits per heavy atom. The summed E-state index contributed by atoms with van der Waals surface area (Å²) >= 11 is 1.60. The summed E-state index contributed by atoms with van der Waals surface area (Å²) in [5.74, 6) is 0.531. The monoisotopic (exact) mass is 470 g/mol. The molecule has 0 radical (unpaired) electrons. The highest BCUT2D eigenvalue weighted by Gasteiger charge is 2.19. The number of rotatable bonds is 8. The Kier molecular flexibility index (Phi) is 7.03. The number of thioether (sulfide) groups is 1. The van der Waals surface area contributed by atoms with Gasteiger partial charge in [0.25, 0.3) is 15.9 Å². The van der Waals surface area contributed by atoms with Gasteiger partial charge in [-0.05, 0) is 55.3 Å². The van der Waals surface area contributed by atoms with Crippen LogP contribution in [0.2, 0.25) is 0 Å². The number of ether oxygens (including phenoxy) is 1. The Bertz CT molecular complexity index is 1170. The van der Waals surface area contributed by atoms with Crippen LogP contribution in [0.4, 0.5) is 11.6 Å². The number of nitrogens with one attached hydrogen (secondary N) is 2. The van der Waals surface area contributed by atoms with Crippen LogP contribution < -0.4 is 10.0 Å². The molecule has 1 aliphatic rings. The van der Waals surface area contributed by atoms with E-state index in [-0.39, 0.29) is 22.9 Å². The van der Waals surface area contributed by atoms with E-state index in [1.54, 1.807) is 36.0 Å². The second-order valence-electron chi connectivity index (χ2n) is 7.10. The zero-order valence-electron chi connectivity index (χ0n) is 17.1. The first kappa shape index (κ1) is 22.3. The van der Waals surface area contributed by atoms with Gasteiger partial charge in [-0.2, -0.15) is 0 Å². The fourth-order valence-electron chi connectivity index (χ4n) is 3.19. The maximum Gasteiger partial charge on any atom is 0.264 e. The third kappa shape index (κ3) is 5.64. The predicted molar refractivity (Wildman–Crippen MR) is 123 cm³/mol. The van der Waals surface area contributed by atoms with Crippen LogP contribution in [-0.4, -0.2) is 42.8 Å². The first-order valence-electron chi connectivity index (χ1n) is 10.1. The van der Waals surface area contributed by atoms with E-state index in [9.17, 15) is 13.2 Å². The summed E-state index contributed by atoms with van der Waals surface area (Å²) in [6.45, 7) is 0.799. The van der Waals surface area contributed by atoms with E-state index in [2.05, 4.69) is 20.0 Å². The Balaban J connectivity index is 1.42. The fraction of sp³-hybridized carbons (Fsp3) is 0.227. The van der Waals surface area contributed by atoms with Crippen LogP contribution in [0.5, 0.6) is 0 Å². The molecule has 1 fully saturated rings. The molecule has 32 heavy (non-hydrogen) atoms. The smallest absolute Gasteiger partial charge is 0.264 e. The molecule has 1 saturated heterocycles. The van der Waals surface area contributed by atoms with E-state index in [0.29, 0.717) is 11.3 Å². The summed E-state index contributed by atoms with van der Waals surface area (Å²) in [6, 6.07) is 14.9. The van der Waals surface area contributed by atoms with Crippen molar-refractivity contribution in [2.24, 2.45) is 0 Å². The van der Waals surface area contributed by atoms with Gasteiger partial charge in [-0.25, -0.2) is 23.1 Å². The average Bonchev–Trinajstić information content (AvgIpc) is 3.32. The van der Waals surface area contributed by atoms with Gasteiger partial charge >= 0.3 is 0 Å². The number of nitrogens with zero attached hydrogens (tertiary/aromatic N) is 2. The standard InChI is InChI=1S/C22H22N4O4S2/c27-21(19-6-1-2-7-20(19)31-15-17-5-3-14-30-17)25-16-8-10-18(11-9-16)32(28,29)26-22-23-12-4-13-24-22/h1-2,4,6-13,17H,3,5,14-15H2,(H,25,27)(H,23,24,26)/t17-/m1/s1. The Morgan fingerprint density at radius 2 is 1.81 bits per heavy atom. The van der Waals surface area contributed by atoms with Gasteiger partial charge in [-0.15, -0.1) is 11.8 Å².